The smallest absolute Gasteiger partial charge is 0.258 e. The molecule has 1 saturated heterocycles. The van der Waals surface area contributed by atoms with E-state index >= 15 is 0 Å². The normalized spacial score (nSPS) is 16.7. The highest BCUT2D eigenvalue weighted by Gasteiger charge is 2.32. The number of piperazine rings is 1. The summed E-state index contributed by atoms with van der Waals surface area (Å²) < 4.78 is 32.5. The Morgan fingerprint density at radius 2 is 1.87 bits per heavy atom. The van der Waals surface area contributed by atoms with E-state index in [1.54, 1.807) is 13.3 Å². The fourth-order valence-corrected chi connectivity index (χ4v) is 2.95. The monoisotopic (exact) mass is 367 g/mol. The maximum atomic E-state index is 13.7. The lowest BCUT2D eigenvalue weighted by Gasteiger charge is -2.34. The van der Waals surface area contributed by atoms with Crippen LogP contribution in [0.25, 0.3) is 10.9 Å². The van der Waals surface area contributed by atoms with Crippen LogP contribution in [0.3, 0.4) is 0 Å². The molecule has 2 aromatic rings. The number of fused-ring (bicyclic) bond motifs is 1. The molecule has 0 spiro atoms. The fraction of sp³-hybridized carbons (Fsp3) is 0.467. The van der Waals surface area contributed by atoms with Crippen molar-refractivity contribution in [2.24, 2.45) is 0 Å². The number of H-pyrrole nitrogens is 1. The minimum absolute atomic E-state index is 0. The van der Waals surface area contributed by atoms with E-state index in [4.69, 9.17) is 4.74 Å². The predicted octanol–water partition coefficient (Wildman–Crippen LogP) is 3.23. The molecule has 0 amide bonds. The molecule has 4 nitrogen and oxygen atoms in total. The number of hydrogen-bond donors (Lipinski definition) is 2. The van der Waals surface area contributed by atoms with Crippen LogP contribution in [-0.2, 0) is 0 Å². The van der Waals surface area contributed by atoms with Gasteiger partial charge in [0.2, 0.25) is 0 Å². The zero-order valence-electron chi connectivity index (χ0n) is 12.7. The number of nitrogens with one attached hydrogen (secondary N) is 2. The first-order chi connectivity index (χ1) is 10.2. The Labute approximate surface area is 146 Å². The number of nitrogens with zero attached hydrogens (tertiary/aromatic N) is 1. The number of benzene rings is 1. The molecule has 0 radical (unpaired) electrons. The molecule has 2 N–H and O–H groups in total. The molecule has 130 valence electrons. The van der Waals surface area contributed by atoms with Crippen LogP contribution in [0.15, 0.2) is 24.4 Å². The van der Waals surface area contributed by atoms with Gasteiger partial charge in [0.25, 0.3) is 6.43 Å². The molecule has 1 aliphatic rings. The highest BCUT2D eigenvalue weighted by Crippen LogP contribution is 2.34. The van der Waals surface area contributed by atoms with Gasteiger partial charge >= 0.3 is 0 Å². The second kappa shape index (κ2) is 8.68. The molecule has 8 heteroatoms. The number of rotatable bonds is 4. The van der Waals surface area contributed by atoms with Gasteiger partial charge in [-0.2, -0.15) is 0 Å². The number of methoxy groups -OCH3 is 1. The lowest BCUT2D eigenvalue weighted by Crippen LogP contribution is -2.46. The van der Waals surface area contributed by atoms with Gasteiger partial charge in [-0.05, 0) is 18.2 Å². The molecule has 1 atom stereocenters. The number of aromatic amines is 1. The van der Waals surface area contributed by atoms with Gasteiger partial charge in [-0.3, -0.25) is 4.90 Å². The molecular formula is C15H21Cl2F2N3O. The van der Waals surface area contributed by atoms with Crippen LogP contribution in [0.5, 0.6) is 5.75 Å². The van der Waals surface area contributed by atoms with Gasteiger partial charge in [0.1, 0.15) is 5.75 Å². The van der Waals surface area contributed by atoms with E-state index in [-0.39, 0.29) is 24.8 Å². The summed E-state index contributed by atoms with van der Waals surface area (Å²) in [6.45, 7) is 2.75. The fourth-order valence-electron chi connectivity index (χ4n) is 2.95. The van der Waals surface area contributed by atoms with Crippen LogP contribution in [-0.4, -0.2) is 49.6 Å². The summed E-state index contributed by atoms with van der Waals surface area (Å²) in [5.41, 5.74) is 1.49. The van der Waals surface area contributed by atoms with E-state index in [1.165, 1.54) is 0 Å². The zero-order valence-corrected chi connectivity index (χ0v) is 14.4. The summed E-state index contributed by atoms with van der Waals surface area (Å²) in [6.07, 6.45) is -0.725. The van der Waals surface area contributed by atoms with Gasteiger partial charge in [-0.25, -0.2) is 8.78 Å². The van der Waals surface area contributed by atoms with Crippen LogP contribution >= 0.6 is 24.8 Å². The van der Waals surface area contributed by atoms with Crippen molar-refractivity contribution in [1.82, 2.24) is 15.2 Å². The first-order valence-electron chi connectivity index (χ1n) is 7.08. The Morgan fingerprint density at radius 3 is 2.48 bits per heavy atom. The van der Waals surface area contributed by atoms with E-state index < -0.39 is 12.5 Å². The SMILES string of the molecule is COc1ccc2[nH]cc([C@H](C(F)F)N3CCNCC3)c2c1.Cl.Cl. The van der Waals surface area contributed by atoms with Gasteiger partial charge in [0, 0.05) is 48.8 Å². The van der Waals surface area contributed by atoms with Crippen molar-refractivity contribution in [3.05, 3.63) is 30.0 Å². The van der Waals surface area contributed by atoms with E-state index in [2.05, 4.69) is 10.3 Å². The summed E-state index contributed by atoms with van der Waals surface area (Å²) in [5.74, 6) is 0.677. The van der Waals surface area contributed by atoms with E-state index in [9.17, 15) is 8.78 Å². The molecule has 1 fully saturated rings. The lowest BCUT2D eigenvalue weighted by atomic mass is 10.0. The van der Waals surface area contributed by atoms with E-state index in [1.807, 2.05) is 23.1 Å². The lowest BCUT2D eigenvalue weighted by molar-refractivity contribution is 0.0189. The Kier molecular flexibility index (Phi) is 7.54. The van der Waals surface area contributed by atoms with Crippen molar-refractivity contribution in [2.75, 3.05) is 33.3 Å². The van der Waals surface area contributed by atoms with Crippen molar-refractivity contribution in [1.29, 1.82) is 0 Å². The van der Waals surface area contributed by atoms with Gasteiger partial charge in [0.15, 0.2) is 0 Å². The van der Waals surface area contributed by atoms with E-state index in [0.717, 1.165) is 24.0 Å². The number of halogens is 4. The first-order valence-corrected chi connectivity index (χ1v) is 7.08. The molecule has 3 rings (SSSR count). The molecule has 0 unspecified atom stereocenters. The molecule has 23 heavy (non-hydrogen) atoms. The number of hydrogen-bond acceptors (Lipinski definition) is 3. The second-order valence-corrected chi connectivity index (χ2v) is 5.22. The Morgan fingerprint density at radius 1 is 1.17 bits per heavy atom. The Hall–Kier alpha value is -1.08. The predicted molar refractivity (Wildman–Crippen MR) is 92.5 cm³/mol. The molecule has 0 saturated carbocycles. The standard InChI is InChI=1S/C15H19F2N3O.2ClH/c1-21-10-2-3-13-11(8-10)12(9-19-13)14(15(16)17)20-6-4-18-5-7-20;;/h2-3,8-9,14-15,18-19H,4-7H2,1H3;2*1H/t14-;;/m1../s1. The van der Waals surface area contributed by atoms with Crippen LogP contribution < -0.4 is 10.1 Å². The third-order valence-corrected chi connectivity index (χ3v) is 4.02. The van der Waals surface area contributed by atoms with Crippen LogP contribution in [0.1, 0.15) is 11.6 Å². The van der Waals surface area contributed by atoms with Crippen molar-refractivity contribution >= 4 is 35.7 Å². The van der Waals surface area contributed by atoms with Crippen molar-refractivity contribution in [3.63, 3.8) is 0 Å². The molecule has 1 aromatic heterocycles. The number of aromatic nitrogens is 1. The van der Waals surface area contributed by atoms with Crippen molar-refractivity contribution < 1.29 is 13.5 Å². The first kappa shape index (κ1) is 20.0. The molecule has 0 bridgehead atoms. The number of ether oxygens (including phenoxy) is 1. The van der Waals surface area contributed by atoms with E-state index in [0.29, 0.717) is 24.4 Å². The highest BCUT2D eigenvalue weighted by atomic mass is 35.5. The zero-order chi connectivity index (χ0) is 14.8. The Bertz CT molecular complexity index is 618. The molecular weight excluding hydrogens is 347 g/mol. The average Bonchev–Trinajstić information content (AvgIpc) is 2.91. The minimum Gasteiger partial charge on any atom is -0.497 e. The summed E-state index contributed by atoms with van der Waals surface area (Å²) in [6, 6.07) is 4.62. The van der Waals surface area contributed by atoms with Crippen molar-refractivity contribution in [2.45, 2.75) is 12.5 Å². The average molecular weight is 368 g/mol. The van der Waals surface area contributed by atoms with Crippen LogP contribution in [0.4, 0.5) is 8.78 Å². The summed E-state index contributed by atoms with van der Waals surface area (Å²) in [5, 5.41) is 4.00. The third kappa shape index (κ3) is 4.07. The van der Waals surface area contributed by atoms with Crippen molar-refractivity contribution in [3.8, 4) is 5.75 Å². The Balaban J connectivity index is 0.00000132. The molecule has 1 aromatic carbocycles. The van der Waals surface area contributed by atoms with Gasteiger partial charge in [-0.15, -0.1) is 24.8 Å². The van der Waals surface area contributed by atoms with Gasteiger partial charge < -0.3 is 15.0 Å². The summed E-state index contributed by atoms with van der Waals surface area (Å²) in [7, 11) is 1.58. The molecule has 0 aliphatic carbocycles. The maximum Gasteiger partial charge on any atom is 0.258 e. The second-order valence-electron chi connectivity index (χ2n) is 5.22. The van der Waals surface area contributed by atoms with Gasteiger partial charge in [0.05, 0.1) is 13.2 Å². The largest absolute Gasteiger partial charge is 0.497 e. The van der Waals surface area contributed by atoms with Crippen LogP contribution in [0, 0.1) is 0 Å². The molecule has 1 aliphatic heterocycles. The quantitative estimate of drug-likeness (QED) is 0.871. The highest BCUT2D eigenvalue weighted by molar-refractivity contribution is 5.86. The minimum atomic E-state index is -2.42. The maximum absolute atomic E-state index is 13.7. The van der Waals surface area contributed by atoms with Crippen LogP contribution in [0.2, 0.25) is 0 Å². The number of alkyl halides is 2. The third-order valence-electron chi connectivity index (χ3n) is 4.02. The summed E-state index contributed by atoms with van der Waals surface area (Å²) in [4.78, 5) is 4.93. The summed E-state index contributed by atoms with van der Waals surface area (Å²) >= 11 is 0. The topological polar surface area (TPSA) is 40.3 Å². The molecule has 2 heterocycles. The van der Waals surface area contributed by atoms with Gasteiger partial charge in [-0.1, -0.05) is 0 Å².